The number of azo groups is 2. The molecular weight excluding hydrogens is 1120 g/mol. The quantitative estimate of drug-likeness (QED) is 0.0735. The van der Waals surface area contributed by atoms with E-state index in [0.717, 1.165) is 72.8 Å². The second-order valence-electron chi connectivity index (χ2n) is 12.8. The van der Waals surface area contributed by atoms with Gasteiger partial charge in [-0.3, -0.25) is 0 Å². The van der Waals surface area contributed by atoms with E-state index < -0.39 is 157 Å². The van der Waals surface area contributed by atoms with Crippen molar-refractivity contribution in [3.8, 4) is 0 Å². The van der Waals surface area contributed by atoms with Crippen LogP contribution in [0.1, 0.15) is 11.1 Å². The zero-order valence-electron chi connectivity index (χ0n) is 32.4. The first-order valence-electron chi connectivity index (χ1n) is 16.5. The minimum atomic E-state index is -5.44. The molecule has 0 heterocycles. The van der Waals surface area contributed by atoms with Gasteiger partial charge in [0.2, 0.25) is 0 Å². The minimum absolute atomic E-state index is 0. The summed E-state index contributed by atoms with van der Waals surface area (Å²) in [5.74, 6) is 0. The van der Waals surface area contributed by atoms with Crippen LogP contribution in [0.25, 0.3) is 45.2 Å². The topological polar surface area (TPSA) is 440 Å². The molecule has 0 saturated carbocycles. The smallest absolute Gasteiger partial charge is 0.744 e. The number of nitrogens with one attached hydrogen (secondary N) is 2. The summed E-state index contributed by atoms with van der Waals surface area (Å²) in [6.45, 7) is 0. The van der Waals surface area contributed by atoms with Crippen molar-refractivity contribution in [2.45, 2.75) is 29.4 Å². The van der Waals surface area contributed by atoms with Crippen LogP contribution in [0.5, 0.6) is 0 Å². The summed E-state index contributed by atoms with van der Waals surface area (Å²) in [4.78, 5) is -6.42. The fraction of sp³-hybridized carbons (Fsp3) is 0. The third-order valence-corrected chi connectivity index (χ3v) is 14.0. The molecule has 0 atom stereocenters. The number of hydrogen-bond acceptors (Lipinski definition) is 22. The normalized spacial score (nSPS) is 12.9. The van der Waals surface area contributed by atoms with Gasteiger partial charge in [0.15, 0.2) is 0 Å². The fourth-order valence-corrected chi connectivity index (χ4v) is 10.2. The van der Waals surface area contributed by atoms with Crippen molar-refractivity contribution in [3.05, 3.63) is 108 Å². The van der Waals surface area contributed by atoms with Crippen molar-refractivity contribution in [1.82, 2.24) is 0 Å². The molecule has 0 saturated heterocycles. The maximum absolute atomic E-state index is 12.3. The zero-order chi connectivity index (χ0) is 47.5. The van der Waals surface area contributed by atoms with Gasteiger partial charge in [-0.05, 0) is 81.2 Å². The summed E-state index contributed by atoms with van der Waals surface area (Å²) in [6.07, 6.45) is 1.73. The molecule has 0 aromatic heterocycles. The predicted molar refractivity (Wildman–Crippen MR) is 214 cm³/mol. The number of benzene rings is 6. The average Bonchev–Trinajstić information content (AvgIpc) is 3.17. The molecule has 2 N–H and O–H groups in total. The molecule has 2 radical (unpaired) electrons. The molecule has 0 spiro atoms. The van der Waals surface area contributed by atoms with E-state index in [2.05, 4.69) is 20.5 Å². The van der Waals surface area contributed by atoms with Gasteiger partial charge < -0.3 is 38.8 Å². The Labute approximate surface area is 423 Å². The van der Waals surface area contributed by atoms with Crippen LogP contribution in [0, 0.1) is 0 Å². The van der Waals surface area contributed by atoms with Gasteiger partial charge in [0.1, 0.15) is 60.7 Å². The van der Waals surface area contributed by atoms with E-state index in [9.17, 15) is 77.8 Å². The molecule has 0 aliphatic heterocycles. The average molecular weight is 1140 g/mol. The van der Waals surface area contributed by atoms with Crippen LogP contribution in [0.15, 0.2) is 135 Å². The third kappa shape index (κ3) is 12.6. The molecular formula is C34H18Cu2N6NaO18S6-3. The van der Waals surface area contributed by atoms with Gasteiger partial charge in [-0.15, -0.1) is 11.4 Å². The number of fused-ring (bicyclic) bond motifs is 2. The van der Waals surface area contributed by atoms with Crippen molar-refractivity contribution >= 4 is 129 Å². The fourth-order valence-electron chi connectivity index (χ4n) is 6.06. The van der Waals surface area contributed by atoms with E-state index in [1.54, 1.807) is 0 Å². The zero-order valence-corrected chi connectivity index (χ0v) is 41.2. The molecule has 33 heteroatoms. The Morgan fingerprint density at radius 1 is 0.388 bits per heavy atom. The standard InChI is InChI=1S/C34H24N6O18S6.2Cu.Na/c35-33-23(15-29(63(53,54)55)21-3-1-5-25(31(21)33)59(41,42)43)39-37-19-11-9-17(27(13-19)61(47,48)49)7-8-18-10-12-20(14-28(18)62(50,51)52)38-40-24-16-30(64(56,57)58)22-4-2-6-26(60(44,45)46)32(22)34(24)36;;;/h1-16,35-36H,(H,41,42,43)(H,44,45,46)(H,47,48,49)(H,50,51,52)(H,53,54,55)(H,56,57,58);;;/q-2;2*+2;+1/p-6/b8-7+,39-37?,40-38?;;;. The van der Waals surface area contributed by atoms with Crippen molar-refractivity contribution in [1.29, 1.82) is 0 Å². The van der Waals surface area contributed by atoms with Crippen LogP contribution in [-0.4, -0.2) is 77.8 Å². The molecule has 24 nitrogen and oxygen atoms in total. The maximum Gasteiger partial charge on any atom is 2.00 e. The Kier molecular flexibility index (Phi) is 17.5. The number of nitrogens with zero attached hydrogens (tertiary/aromatic N) is 4. The Morgan fingerprint density at radius 3 is 0.970 bits per heavy atom. The van der Waals surface area contributed by atoms with Gasteiger partial charge in [-0.25, -0.2) is 50.5 Å². The first-order valence-corrected chi connectivity index (χ1v) is 25.0. The Balaban J connectivity index is 0.00000397. The number of rotatable bonds is 12. The molecule has 0 unspecified atom stereocenters. The van der Waals surface area contributed by atoms with E-state index in [0.29, 0.717) is 24.3 Å². The summed E-state index contributed by atoms with van der Waals surface area (Å²) in [7, 11) is -32.4. The summed E-state index contributed by atoms with van der Waals surface area (Å²) in [6, 6.07) is 11.5. The molecule has 0 amide bonds. The van der Waals surface area contributed by atoms with Crippen molar-refractivity contribution in [2.24, 2.45) is 20.5 Å². The van der Waals surface area contributed by atoms with Gasteiger partial charge in [0, 0.05) is 0 Å². The van der Waals surface area contributed by atoms with E-state index >= 15 is 0 Å². The second-order valence-corrected chi connectivity index (χ2v) is 20.9. The summed E-state index contributed by atoms with van der Waals surface area (Å²) < 4.78 is 218. The first kappa shape index (κ1) is 57.2. The van der Waals surface area contributed by atoms with Gasteiger partial charge in [0.25, 0.3) is 0 Å². The van der Waals surface area contributed by atoms with Crippen LogP contribution < -0.4 is 29.6 Å². The molecule has 0 fully saturated rings. The predicted octanol–water partition coefficient (Wildman–Crippen LogP) is 2.79. The maximum atomic E-state index is 12.3. The van der Waals surface area contributed by atoms with Crippen molar-refractivity contribution < 1.29 is 142 Å². The summed E-state index contributed by atoms with van der Waals surface area (Å²) in [5, 5.41) is 11.7. The summed E-state index contributed by atoms with van der Waals surface area (Å²) in [5.41, 5.74) is 11.6. The first-order chi connectivity index (χ1) is 29.4. The molecule has 0 bridgehead atoms. The van der Waals surface area contributed by atoms with E-state index in [1.807, 2.05) is 0 Å². The Bertz CT molecular complexity index is 3570. The second kappa shape index (κ2) is 20.5. The van der Waals surface area contributed by atoms with Crippen molar-refractivity contribution in [3.63, 3.8) is 0 Å². The molecule has 6 aromatic carbocycles. The SMILES string of the molecule is [Cu+2].[Cu+2].[NH-]c1c(N=Nc2ccc(/C=C/c3ccc(N=Nc4cc(S(=O)(=O)[O-])c5cccc(S(=O)(=O)[O-])c5c4[NH-])cc3S(=O)(=O)[O-])c(S(=O)(=O)[O-])c2)cc(S(=O)(=O)[O-])c2cccc(S(=O)(=O)[O-])c12.[Na+]. The van der Waals surface area contributed by atoms with Crippen molar-refractivity contribution in [2.75, 3.05) is 0 Å². The molecule has 6 rings (SSSR count). The van der Waals surface area contributed by atoms with Crippen LogP contribution in [0.4, 0.5) is 34.1 Å². The Hall–Kier alpha value is -4.12. The monoisotopic (exact) mass is 1140 g/mol. The van der Waals surface area contributed by atoms with Gasteiger partial charge >= 0.3 is 63.7 Å². The van der Waals surface area contributed by atoms with Gasteiger partial charge in [0.05, 0.1) is 52.1 Å². The van der Waals surface area contributed by atoms with E-state index in [4.69, 9.17) is 11.5 Å². The van der Waals surface area contributed by atoms with Crippen LogP contribution >= 0.6 is 0 Å². The van der Waals surface area contributed by atoms with Crippen LogP contribution in [0.2, 0.25) is 0 Å². The van der Waals surface area contributed by atoms with Crippen LogP contribution in [0.3, 0.4) is 0 Å². The molecule has 67 heavy (non-hydrogen) atoms. The largest absolute Gasteiger partial charge is 2.00 e. The van der Waals surface area contributed by atoms with Gasteiger partial charge in [-0.1, -0.05) is 48.6 Å². The molecule has 0 aliphatic carbocycles. The molecule has 0 aliphatic rings. The van der Waals surface area contributed by atoms with E-state index in [-0.39, 0.29) is 63.7 Å². The third-order valence-electron chi connectivity index (χ3n) is 8.73. The Morgan fingerprint density at radius 2 is 0.687 bits per heavy atom. The minimum Gasteiger partial charge on any atom is -0.744 e. The summed E-state index contributed by atoms with van der Waals surface area (Å²) >= 11 is 0. The molecule has 6 aromatic rings. The van der Waals surface area contributed by atoms with Gasteiger partial charge in [-0.2, -0.15) is 20.5 Å². The van der Waals surface area contributed by atoms with E-state index in [1.165, 1.54) is 0 Å². The van der Waals surface area contributed by atoms with Crippen LogP contribution in [-0.2, 0) is 94.8 Å². The number of hydrogen-bond donors (Lipinski definition) is 0. The molecule has 354 valence electrons.